The second-order valence-electron chi connectivity index (χ2n) is 5.70. The maximum atomic E-state index is 13.0. The van der Waals surface area contributed by atoms with Gasteiger partial charge >= 0.3 is 12.1 Å². The molecule has 1 amide bonds. The molecule has 11 heteroatoms. The Kier molecular flexibility index (Phi) is 5.83. The van der Waals surface area contributed by atoms with Gasteiger partial charge in [-0.15, -0.1) is 0 Å². The van der Waals surface area contributed by atoms with E-state index in [-0.39, 0.29) is 16.9 Å². The quantitative estimate of drug-likeness (QED) is 0.631. The molecule has 7 nitrogen and oxygen atoms in total. The summed E-state index contributed by atoms with van der Waals surface area (Å²) in [5.41, 5.74) is -0.848. The highest BCUT2D eigenvalue weighted by Gasteiger charge is 2.31. The van der Waals surface area contributed by atoms with Crippen molar-refractivity contribution in [2.75, 3.05) is 11.9 Å². The minimum Gasteiger partial charge on any atom is -0.452 e. The molecular formula is C18H12ClF3N4O3. The van der Waals surface area contributed by atoms with Crippen LogP contribution in [-0.2, 0) is 15.7 Å². The third-order valence-corrected chi connectivity index (χ3v) is 3.89. The van der Waals surface area contributed by atoms with Gasteiger partial charge in [-0.1, -0.05) is 17.7 Å². The Hall–Kier alpha value is -3.40. The molecule has 0 aliphatic heterocycles. The SMILES string of the molecule is O=C(COC(=O)c1cccc(Cl)c1)Nc1cc(C(F)(F)F)ccc1-n1cncn1. The number of anilines is 1. The molecule has 0 spiro atoms. The summed E-state index contributed by atoms with van der Waals surface area (Å²) in [4.78, 5) is 27.8. The average Bonchev–Trinajstić information content (AvgIpc) is 3.20. The Morgan fingerprint density at radius 2 is 1.97 bits per heavy atom. The minimum atomic E-state index is -4.61. The molecule has 1 N–H and O–H groups in total. The summed E-state index contributed by atoms with van der Waals surface area (Å²) in [6.45, 7) is -0.710. The Labute approximate surface area is 167 Å². The van der Waals surface area contributed by atoms with Gasteiger partial charge in [-0.3, -0.25) is 4.79 Å². The van der Waals surface area contributed by atoms with E-state index in [1.165, 1.54) is 35.5 Å². The number of carbonyl (C=O) groups excluding carboxylic acids is 2. The molecule has 0 bridgehead atoms. The number of benzene rings is 2. The third kappa shape index (κ3) is 5.11. The highest BCUT2D eigenvalue weighted by molar-refractivity contribution is 6.30. The number of amides is 1. The maximum Gasteiger partial charge on any atom is 0.416 e. The first-order valence-corrected chi connectivity index (χ1v) is 8.40. The van der Waals surface area contributed by atoms with E-state index in [1.54, 1.807) is 6.07 Å². The van der Waals surface area contributed by atoms with Crippen molar-refractivity contribution in [3.05, 3.63) is 71.3 Å². The standard InChI is InChI=1S/C18H12ClF3N4O3/c19-13-3-1-2-11(6-13)17(28)29-8-16(27)25-14-7-12(18(20,21)22)4-5-15(14)26-10-23-9-24-26/h1-7,9-10H,8H2,(H,25,27). The van der Waals surface area contributed by atoms with Crippen LogP contribution in [0, 0.1) is 0 Å². The number of nitrogens with one attached hydrogen (secondary N) is 1. The molecule has 0 aliphatic rings. The number of nitrogens with zero attached hydrogens (tertiary/aromatic N) is 3. The molecule has 0 saturated carbocycles. The van der Waals surface area contributed by atoms with E-state index < -0.39 is 30.2 Å². The molecule has 0 unspecified atom stereocenters. The van der Waals surface area contributed by atoms with Gasteiger partial charge in [0.2, 0.25) is 0 Å². The number of hydrogen-bond donors (Lipinski definition) is 1. The monoisotopic (exact) mass is 424 g/mol. The second kappa shape index (κ2) is 8.31. The van der Waals surface area contributed by atoms with Crippen molar-refractivity contribution >= 4 is 29.2 Å². The lowest BCUT2D eigenvalue weighted by atomic mass is 10.1. The van der Waals surface area contributed by atoms with Crippen LogP contribution in [0.5, 0.6) is 0 Å². The summed E-state index contributed by atoms with van der Waals surface area (Å²) in [5, 5.41) is 6.45. The number of ether oxygens (including phenoxy) is 1. The van der Waals surface area contributed by atoms with E-state index in [0.717, 1.165) is 18.2 Å². The highest BCUT2D eigenvalue weighted by Crippen LogP contribution is 2.33. The highest BCUT2D eigenvalue weighted by atomic mass is 35.5. The van der Waals surface area contributed by atoms with Gasteiger partial charge in [-0.05, 0) is 36.4 Å². The molecule has 0 aliphatic carbocycles. The first-order valence-electron chi connectivity index (χ1n) is 8.03. The lowest BCUT2D eigenvalue weighted by Crippen LogP contribution is -2.22. The van der Waals surface area contributed by atoms with Gasteiger partial charge < -0.3 is 10.1 Å². The fraction of sp³-hybridized carbons (Fsp3) is 0.111. The van der Waals surface area contributed by atoms with Crippen LogP contribution < -0.4 is 5.32 Å². The normalized spacial score (nSPS) is 11.2. The van der Waals surface area contributed by atoms with E-state index in [1.807, 2.05) is 0 Å². The molecule has 1 aromatic heterocycles. The van der Waals surface area contributed by atoms with Crippen molar-refractivity contribution < 1.29 is 27.5 Å². The number of hydrogen-bond acceptors (Lipinski definition) is 5. The summed E-state index contributed by atoms with van der Waals surface area (Å²) in [6.07, 6.45) is -2.16. The molecular weight excluding hydrogens is 413 g/mol. The van der Waals surface area contributed by atoms with Gasteiger partial charge in [0.1, 0.15) is 12.7 Å². The lowest BCUT2D eigenvalue weighted by molar-refractivity contribution is -0.137. The van der Waals surface area contributed by atoms with Crippen LogP contribution in [0.15, 0.2) is 55.1 Å². The molecule has 150 valence electrons. The zero-order chi connectivity index (χ0) is 21.0. The van der Waals surface area contributed by atoms with Gasteiger partial charge in [0, 0.05) is 5.02 Å². The zero-order valence-corrected chi connectivity index (χ0v) is 15.2. The number of alkyl halides is 3. The zero-order valence-electron chi connectivity index (χ0n) is 14.5. The van der Waals surface area contributed by atoms with Crippen molar-refractivity contribution in [1.29, 1.82) is 0 Å². The molecule has 3 rings (SSSR count). The lowest BCUT2D eigenvalue weighted by Gasteiger charge is -2.14. The summed E-state index contributed by atoms with van der Waals surface area (Å²) < 4.78 is 45.1. The van der Waals surface area contributed by atoms with Crippen molar-refractivity contribution in [1.82, 2.24) is 14.8 Å². The predicted octanol–water partition coefficient (Wildman–Crippen LogP) is 3.74. The number of carbonyl (C=O) groups is 2. The Bertz CT molecular complexity index is 1040. The fourth-order valence-corrected chi connectivity index (χ4v) is 2.55. The molecule has 3 aromatic rings. The van der Waals surface area contributed by atoms with Gasteiger partial charge in [0.25, 0.3) is 5.91 Å². The predicted molar refractivity (Wildman–Crippen MR) is 96.7 cm³/mol. The van der Waals surface area contributed by atoms with Crippen LogP contribution in [0.4, 0.5) is 18.9 Å². The Morgan fingerprint density at radius 1 is 1.17 bits per heavy atom. The summed E-state index contributed by atoms with van der Waals surface area (Å²) in [6, 6.07) is 8.65. The van der Waals surface area contributed by atoms with Crippen LogP contribution in [0.1, 0.15) is 15.9 Å². The van der Waals surface area contributed by atoms with Crippen molar-refractivity contribution in [3.8, 4) is 5.69 Å². The van der Waals surface area contributed by atoms with Gasteiger partial charge in [-0.25, -0.2) is 14.5 Å². The Balaban J connectivity index is 1.75. The largest absolute Gasteiger partial charge is 0.452 e. The van der Waals surface area contributed by atoms with Gasteiger partial charge in [0.15, 0.2) is 6.61 Å². The van der Waals surface area contributed by atoms with Crippen molar-refractivity contribution in [3.63, 3.8) is 0 Å². The molecule has 0 fully saturated rings. The van der Waals surface area contributed by atoms with Crippen LogP contribution in [0.2, 0.25) is 5.02 Å². The molecule has 0 radical (unpaired) electrons. The fourth-order valence-electron chi connectivity index (χ4n) is 2.36. The van der Waals surface area contributed by atoms with E-state index in [2.05, 4.69) is 15.4 Å². The summed E-state index contributed by atoms with van der Waals surface area (Å²) in [5.74, 6) is -1.63. The topological polar surface area (TPSA) is 86.1 Å². The molecule has 2 aromatic carbocycles. The maximum absolute atomic E-state index is 13.0. The third-order valence-electron chi connectivity index (χ3n) is 3.66. The van der Waals surface area contributed by atoms with E-state index in [0.29, 0.717) is 5.02 Å². The Morgan fingerprint density at radius 3 is 2.62 bits per heavy atom. The first kappa shape index (κ1) is 20.3. The summed E-state index contributed by atoms with van der Waals surface area (Å²) in [7, 11) is 0. The molecule has 29 heavy (non-hydrogen) atoms. The van der Waals surface area contributed by atoms with E-state index in [4.69, 9.17) is 16.3 Å². The minimum absolute atomic E-state index is 0.132. The van der Waals surface area contributed by atoms with Gasteiger partial charge in [-0.2, -0.15) is 18.3 Å². The van der Waals surface area contributed by atoms with Crippen LogP contribution in [0.25, 0.3) is 5.69 Å². The molecule has 1 heterocycles. The van der Waals surface area contributed by atoms with Gasteiger partial charge in [0.05, 0.1) is 22.5 Å². The van der Waals surface area contributed by atoms with E-state index >= 15 is 0 Å². The average molecular weight is 425 g/mol. The molecule has 0 saturated heterocycles. The van der Waals surface area contributed by atoms with Crippen LogP contribution in [0.3, 0.4) is 0 Å². The van der Waals surface area contributed by atoms with Crippen molar-refractivity contribution in [2.24, 2.45) is 0 Å². The first-order chi connectivity index (χ1) is 13.7. The van der Waals surface area contributed by atoms with Crippen LogP contribution >= 0.6 is 11.6 Å². The number of halogens is 4. The molecule has 0 atom stereocenters. The number of esters is 1. The van der Waals surface area contributed by atoms with Crippen LogP contribution in [-0.4, -0.2) is 33.2 Å². The number of aromatic nitrogens is 3. The second-order valence-corrected chi connectivity index (χ2v) is 6.14. The van der Waals surface area contributed by atoms with Crippen molar-refractivity contribution in [2.45, 2.75) is 6.18 Å². The van der Waals surface area contributed by atoms with E-state index in [9.17, 15) is 22.8 Å². The summed E-state index contributed by atoms with van der Waals surface area (Å²) >= 11 is 5.78. The smallest absolute Gasteiger partial charge is 0.416 e. The number of rotatable bonds is 5.